The minimum absolute atomic E-state index is 0.250. The Kier molecular flexibility index (Phi) is 2.86. The van der Waals surface area contributed by atoms with Crippen LogP contribution in [0, 0.1) is 5.92 Å². The summed E-state index contributed by atoms with van der Waals surface area (Å²) in [7, 11) is 0. The largest absolute Gasteiger partial charge is 0.392 e. The fourth-order valence-corrected chi connectivity index (χ4v) is 2.04. The van der Waals surface area contributed by atoms with Gasteiger partial charge < -0.3 is 15.2 Å². The molecule has 0 bridgehead atoms. The topological polar surface area (TPSA) is 41.5 Å². The van der Waals surface area contributed by atoms with Gasteiger partial charge in [-0.3, -0.25) is 0 Å². The molecule has 76 valence electrons. The second-order valence-corrected chi connectivity index (χ2v) is 4.33. The maximum Gasteiger partial charge on any atom is 0.0756 e. The molecule has 2 fully saturated rings. The van der Waals surface area contributed by atoms with Crippen LogP contribution >= 0.6 is 0 Å². The lowest BCUT2D eigenvalue weighted by atomic mass is 10.1. The average Bonchev–Trinajstić information content (AvgIpc) is 2.82. The van der Waals surface area contributed by atoms with Gasteiger partial charge in [-0.25, -0.2) is 0 Å². The third-order valence-corrected chi connectivity index (χ3v) is 2.90. The van der Waals surface area contributed by atoms with Crippen LogP contribution in [0.2, 0.25) is 0 Å². The first-order chi connectivity index (χ1) is 6.27. The minimum atomic E-state index is -0.250. The molecule has 2 rings (SSSR count). The fourth-order valence-electron chi connectivity index (χ4n) is 2.04. The van der Waals surface area contributed by atoms with Gasteiger partial charge in [-0.15, -0.1) is 0 Å². The maximum absolute atomic E-state index is 9.15. The van der Waals surface area contributed by atoms with E-state index in [0.29, 0.717) is 18.7 Å². The van der Waals surface area contributed by atoms with E-state index in [-0.39, 0.29) is 6.10 Å². The Hall–Kier alpha value is -0.120. The van der Waals surface area contributed by atoms with Crippen molar-refractivity contribution >= 4 is 0 Å². The molecule has 3 unspecified atom stereocenters. The fraction of sp³-hybridized carbons (Fsp3) is 1.00. The van der Waals surface area contributed by atoms with Gasteiger partial charge in [0, 0.05) is 19.2 Å². The molecular weight excluding hydrogens is 166 g/mol. The molecule has 3 atom stereocenters. The van der Waals surface area contributed by atoms with Crippen LogP contribution in [0.1, 0.15) is 26.2 Å². The molecule has 0 aromatic rings. The third-order valence-electron chi connectivity index (χ3n) is 2.90. The molecule has 0 aromatic carbocycles. The van der Waals surface area contributed by atoms with Crippen molar-refractivity contribution in [3.8, 4) is 0 Å². The quantitative estimate of drug-likeness (QED) is 0.671. The zero-order chi connectivity index (χ0) is 9.26. The van der Waals surface area contributed by atoms with E-state index in [0.717, 1.165) is 18.9 Å². The van der Waals surface area contributed by atoms with E-state index in [9.17, 15) is 0 Å². The van der Waals surface area contributed by atoms with Crippen molar-refractivity contribution in [2.45, 2.75) is 44.4 Å². The second-order valence-electron chi connectivity index (χ2n) is 4.33. The highest BCUT2D eigenvalue weighted by molar-refractivity contribution is 4.93. The summed E-state index contributed by atoms with van der Waals surface area (Å²) in [6.07, 6.45) is 3.95. The Morgan fingerprint density at radius 2 is 2.23 bits per heavy atom. The highest BCUT2D eigenvalue weighted by Crippen LogP contribution is 2.38. The molecule has 3 heteroatoms. The highest BCUT2D eigenvalue weighted by atomic mass is 16.5. The van der Waals surface area contributed by atoms with Crippen molar-refractivity contribution < 1.29 is 9.84 Å². The van der Waals surface area contributed by atoms with E-state index in [2.05, 4.69) is 5.32 Å². The van der Waals surface area contributed by atoms with Crippen LogP contribution < -0.4 is 5.32 Å². The minimum Gasteiger partial charge on any atom is -0.392 e. The van der Waals surface area contributed by atoms with Gasteiger partial charge >= 0.3 is 0 Å². The van der Waals surface area contributed by atoms with Gasteiger partial charge in [0.05, 0.1) is 12.2 Å². The summed E-state index contributed by atoms with van der Waals surface area (Å²) in [4.78, 5) is 0. The molecule has 0 spiro atoms. The number of hydrogen-bond acceptors (Lipinski definition) is 3. The Labute approximate surface area is 79.5 Å². The van der Waals surface area contributed by atoms with E-state index in [1.165, 1.54) is 12.8 Å². The van der Waals surface area contributed by atoms with Gasteiger partial charge in [0.25, 0.3) is 0 Å². The Bertz CT molecular complexity index is 168. The van der Waals surface area contributed by atoms with Crippen LogP contribution in [0.4, 0.5) is 0 Å². The van der Waals surface area contributed by atoms with Crippen LogP contribution in [-0.2, 0) is 4.74 Å². The summed E-state index contributed by atoms with van der Waals surface area (Å²) >= 11 is 0. The predicted molar refractivity (Wildman–Crippen MR) is 50.6 cm³/mol. The highest BCUT2D eigenvalue weighted by Gasteiger charge is 2.40. The molecule has 1 saturated carbocycles. The van der Waals surface area contributed by atoms with Crippen molar-refractivity contribution in [1.29, 1.82) is 0 Å². The molecule has 1 heterocycles. The first kappa shape index (κ1) is 9.44. The summed E-state index contributed by atoms with van der Waals surface area (Å²) < 4.78 is 5.68. The van der Waals surface area contributed by atoms with Gasteiger partial charge in [-0.2, -0.15) is 0 Å². The molecule has 1 aliphatic carbocycles. The zero-order valence-electron chi connectivity index (χ0n) is 8.20. The lowest BCUT2D eigenvalue weighted by Gasteiger charge is -2.20. The molecule has 0 radical (unpaired) electrons. The number of ether oxygens (including phenoxy) is 1. The number of rotatable bonds is 4. The van der Waals surface area contributed by atoms with Crippen molar-refractivity contribution in [1.82, 2.24) is 5.32 Å². The Balaban J connectivity index is 1.76. The van der Waals surface area contributed by atoms with Gasteiger partial charge in [-0.05, 0) is 32.1 Å². The second kappa shape index (κ2) is 3.95. The molecule has 13 heavy (non-hydrogen) atoms. The molecule has 1 saturated heterocycles. The van der Waals surface area contributed by atoms with Crippen LogP contribution in [0.5, 0.6) is 0 Å². The third kappa shape index (κ3) is 2.42. The van der Waals surface area contributed by atoms with Gasteiger partial charge in [0.2, 0.25) is 0 Å². The van der Waals surface area contributed by atoms with Crippen molar-refractivity contribution in [3.63, 3.8) is 0 Å². The number of aliphatic hydroxyl groups excluding tert-OH is 1. The van der Waals surface area contributed by atoms with E-state index in [1.807, 2.05) is 6.92 Å². The molecule has 3 nitrogen and oxygen atoms in total. The van der Waals surface area contributed by atoms with E-state index in [1.54, 1.807) is 0 Å². The molecular formula is C10H19NO2. The van der Waals surface area contributed by atoms with Crippen LogP contribution in [0.25, 0.3) is 0 Å². The van der Waals surface area contributed by atoms with Gasteiger partial charge in [-0.1, -0.05) is 0 Å². The first-order valence-electron chi connectivity index (χ1n) is 5.30. The molecule has 0 amide bonds. The number of aliphatic hydroxyl groups is 1. The number of hydrogen-bond donors (Lipinski definition) is 2. The normalized spacial score (nSPS) is 36.5. The van der Waals surface area contributed by atoms with Crippen molar-refractivity contribution in [2.75, 3.05) is 13.2 Å². The predicted octanol–water partition coefficient (Wildman–Crippen LogP) is 0.524. The lowest BCUT2D eigenvalue weighted by molar-refractivity contribution is 0.0779. The summed E-state index contributed by atoms with van der Waals surface area (Å²) in [6, 6.07) is 0.488. The monoisotopic (exact) mass is 185 g/mol. The summed E-state index contributed by atoms with van der Waals surface area (Å²) in [6.45, 7) is 3.39. The summed E-state index contributed by atoms with van der Waals surface area (Å²) in [5.41, 5.74) is 0. The smallest absolute Gasteiger partial charge is 0.0756 e. The Morgan fingerprint density at radius 1 is 1.46 bits per heavy atom. The number of nitrogens with one attached hydrogen (secondary N) is 1. The zero-order valence-corrected chi connectivity index (χ0v) is 8.20. The van der Waals surface area contributed by atoms with E-state index < -0.39 is 0 Å². The lowest BCUT2D eigenvalue weighted by Crippen LogP contribution is -2.40. The standard InChI is InChI=1S/C10H19NO2/c1-7(12)6-11-9-4-5-13-10(9)8-2-3-8/h7-12H,2-6H2,1H3. The van der Waals surface area contributed by atoms with Gasteiger partial charge in [0.15, 0.2) is 0 Å². The van der Waals surface area contributed by atoms with Crippen molar-refractivity contribution in [3.05, 3.63) is 0 Å². The maximum atomic E-state index is 9.15. The molecule has 2 N–H and O–H groups in total. The van der Waals surface area contributed by atoms with Crippen LogP contribution in [0.15, 0.2) is 0 Å². The van der Waals surface area contributed by atoms with Crippen LogP contribution in [-0.4, -0.2) is 36.5 Å². The summed E-state index contributed by atoms with van der Waals surface area (Å²) in [5.74, 6) is 0.800. The molecule has 0 aromatic heterocycles. The molecule has 2 aliphatic rings. The Morgan fingerprint density at radius 3 is 2.85 bits per heavy atom. The van der Waals surface area contributed by atoms with E-state index in [4.69, 9.17) is 9.84 Å². The molecule has 1 aliphatic heterocycles. The average molecular weight is 185 g/mol. The van der Waals surface area contributed by atoms with Crippen molar-refractivity contribution in [2.24, 2.45) is 5.92 Å². The summed E-state index contributed by atoms with van der Waals surface area (Å²) in [5, 5.41) is 12.5. The van der Waals surface area contributed by atoms with Crippen LogP contribution in [0.3, 0.4) is 0 Å². The SMILES string of the molecule is CC(O)CNC1CCOC1C1CC1. The van der Waals surface area contributed by atoms with E-state index >= 15 is 0 Å². The van der Waals surface area contributed by atoms with Gasteiger partial charge in [0.1, 0.15) is 0 Å². The first-order valence-corrected chi connectivity index (χ1v) is 5.30.